The number of hydrogen-bond acceptors (Lipinski definition) is 4. The topological polar surface area (TPSA) is 74.2 Å². The van der Waals surface area contributed by atoms with Gasteiger partial charge >= 0.3 is 18.2 Å². The van der Waals surface area contributed by atoms with Crippen LogP contribution in [0.2, 0.25) is 0 Å². The largest absolute Gasteiger partial charge is 0.418 e. The van der Waals surface area contributed by atoms with E-state index in [0.29, 0.717) is 11.6 Å². The maximum atomic E-state index is 13.3. The lowest BCUT2D eigenvalue weighted by molar-refractivity contribution is -0.138. The van der Waals surface area contributed by atoms with Crippen molar-refractivity contribution in [3.05, 3.63) is 77.2 Å². The van der Waals surface area contributed by atoms with Crippen LogP contribution in [0.3, 0.4) is 0 Å². The fourth-order valence-electron chi connectivity index (χ4n) is 3.64. The summed E-state index contributed by atoms with van der Waals surface area (Å²) in [6, 6.07) is 11.7. The molecule has 2 aromatic rings. The van der Waals surface area contributed by atoms with Crippen LogP contribution in [0, 0.1) is 0 Å². The third-order valence-electron chi connectivity index (χ3n) is 5.54. The van der Waals surface area contributed by atoms with Gasteiger partial charge in [0, 0.05) is 25.3 Å². The third kappa shape index (κ3) is 5.05. The number of carbonyl (C=O) groups is 2. The Hall–Kier alpha value is -3.82. The van der Waals surface area contributed by atoms with E-state index in [4.69, 9.17) is 4.74 Å². The van der Waals surface area contributed by atoms with Gasteiger partial charge in [-0.1, -0.05) is 44.2 Å². The summed E-state index contributed by atoms with van der Waals surface area (Å²) < 4.78 is 45.4. The first-order valence-corrected chi connectivity index (χ1v) is 10.7. The van der Waals surface area contributed by atoms with Crippen LogP contribution in [-0.4, -0.2) is 40.8 Å². The number of benzene rings is 2. The Balaban J connectivity index is 1.42. The number of ether oxygens (including phenoxy) is 1. The van der Waals surface area contributed by atoms with E-state index < -0.39 is 23.7 Å². The molecule has 3 amide bonds. The number of halogens is 3. The second-order valence-corrected chi connectivity index (χ2v) is 8.27. The Morgan fingerprint density at radius 1 is 1.12 bits per heavy atom. The van der Waals surface area contributed by atoms with Gasteiger partial charge in [-0.25, -0.2) is 4.79 Å². The van der Waals surface area contributed by atoms with Crippen molar-refractivity contribution in [3.8, 4) is 0 Å². The molecule has 0 saturated carbocycles. The molecular formula is C24H23F3N4O3. The van der Waals surface area contributed by atoms with Crippen LogP contribution in [0.5, 0.6) is 0 Å². The van der Waals surface area contributed by atoms with E-state index in [0.717, 1.165) is 11.6 Å². The van der Waals surface area contributed by atoms with Crippen molar-refractivity contribution in [1.29, 1.82) is 0 Å². The summed E-state index contributed by atoms with van der Waals surface area (Å²) in [6.45, 7) is 4.20. The number of alkyl halides is 3. The summed E-state index contributed by atoms with van der Waals surface area (Å²) in [7, 11) is 0. The van der Waals surface area contributed by atoms with Crippen molar-refractivity contribution in [1.82, 2.24) is 9.80 Å². The van der Waals surface area contributed by atoms with E-state index in [-0.39, 0.29) is 37.0 Å². The van der Waals surface area contributed by atoms with Crippen molar-refractivity contribution >= 4 is 23.6 Å². The number of hydrogen-bond donors (Lipinski definition) is 1. The van der Waals surface area contributed by atoms with Crippen LogP contribution in [0.1, 0.15) is 36.5 Å². The molecule has 0 bridgehead atoms. The van der Waals surface area contributed by atoms with E-state index in [1.54, 1.807) is 12.1 Å². The lowest BCUT2D eigenvalue weighted by Crippen LogP contribution is -2.32. The second-order valence-electron chi connectivity index (χ2n) is 8.27. The normalized spacial score (nSPS) is 16.0. The number of carbonyl (C=O) groups excluding carboxylic acids is 2. The van der Waals surface area contributed by atoms with Gasteiger partial charge in [0.15, 0.2) is 0 Å². The third-order valence-corrected chi connectivity index (χ3v) is 5.54. The van der Waals surface area contributed by atoms with Gasteiger partial charge in [-0.3, -0.25) is 9.69 Å². The first kappa shape index (κ1) is 23.3. The predicted octanol–water partition coefficient (Wildman–Crippen LogP) is 4.93. The summed E-state index contributed by atoms with van der Waals surface area (Å²) in [5.74, 6) is -0.172. The molecule has 178 valence electrons. The highest BCUT2D eigenvalue weighted by molar-refractivity contribution is 6.06. The Labute approximate surface area is 194 Å². The first-order chi connectivity index (χ1) is 16.1. The Kier molecular flexibility index (Phi) is 6.32. The number of amidine groups is 1. The zero-order valence-corrected chi connectivity index (χ0v) is 18.6. The monoisotopic (exact) mass is 472 g/mol. The van der Waals surface area contributed by atoms with Crippen molar-refractivity contribution in [2.45, 2.75) is 32.5 Å². The second kappa shape index (κ2) is 9.20. The summed E-state index contributed by atoms with van der Waals surface area (Å²) in [6.07, 6.45) is -3.10. The van der Waals surface area contributed by atoms with E-state index in [1.165, 1.54) is 34.2 Å². The molecule has 0 fully saturated rings. The number of anilines is 1. The first-order valence-electron chi connectivity index (χ1n) is 10.7. The standard InChI is InChI=1S/C24H23F3N4O3/c1-15(2)16-7-9-18(10-8-16)28-21(32)20-14-31-12-11-30(22(33)29-23(31)34-20)13-17-5-3-4-6-19(17)24(25,26)27/h3-10,14-15H,11-13H2,1-2H3,(H,28,32). The molecule has 4 rings (SSSR count). The Morgan fingerprint density at radius 3 is 2.50 bits per heavy atom. The fraction of sp³-hybridized carbons (Fsp3) is 0.292. The molecule has 0 atom stereocenters. The van der Waals surface area contributed by atoms with Crippen molar-refractivity contribution < 1.29 is 27.5 Å². The average Bonchev–Trinajstić information content (AvgIpc) is 3.13. The number of nitrogens with zero attached hydrogens (tertiary/aromatic N) is 3. The van der Waals surface area contributed by atoms with Crippen LogP contribution in [0.4, 0.5) is 23.7 Å². The van der Waals surface area contributed by atoms with Gasteiger partial charge in [-0.05, 0) is 35.2 Å². The highest BCUT2D eigenvalue weighted by atomic mass is 19.4. The van der Waals surface area contributed by atoms with Crippen LogP contribution in [-0.2, 0) is 22.3 Å². The van der Waals surface area contributed by atoms with Crippen LogP contribution < -0.4 is 5.32 Å². The molecule has 0 aromatic heterocycles. The molecule has 0 aliphatic carbocycles. The zero-order chi connectivity index (χ0) is 24.5. The number of aliphatic imine (C=N–C) groups is 1. The molecule has 0 unspecified atom stereocenters. The van der Waals surface area contributed by atoms with Gasteiger partial charge in [0.1, 0.15) is 0 Å². The van der Waals surface area contributed by atoms with Gasteiger partial charge in [-0.2, -0.15) is 13.2 Å². The van der Waals surface area contributed by atoms with Crippen LogP contribution in [0.15, 0.2) is 65.5 Å². The van der Waals surface area contributed by atoms with Crippen molar-refractivity contribution in [3.63, 3.8) is 0 Å². The van der Waals surface area contributed by atoms with Crippen LogP contribution >= 0.6 is 0 Å². The van der Waals surface area contributed by atoms with E-state index in [2.05, 4.69) is 24.2 Å². The number of rotatable bonds is 5. The van der Waals surface area contributed by atoms with Gasteiger partial charge in [0.05, 0.1) is 11.8 Å². The van der Waals surface area contributed by atoms with Gasteiger partial charge in [0.2, 0.25) is 5.76 Å². The molecule has 7 nitrogen and oxygen atoms in total. The predicted molar refractivity (Wildman–Crippen MR) is 120 cm³/mol. The summed E-state index contributed by atoms with van der Waals surface area (Å²) in [4.78, 5) is 31.8. The number of nitrogens with one attached hydrogen (secondary N) is 1. The number of urea groups is 1. The Bertz CT molecular complexity index is 1160. The Morgan fingerprint density at radius 2 is 1.82 bits per heavy atom. The minimum atomic E-state index is -4.53. The lowest BCUT2D eigenvalue weighted by Gasteiger charge is -2.21. The minimum Gasteiger partial charge on any atom is -0.418 e. The fourth-order valence-corrected chi connectivity index (χ4v) is 3.64. The van der Waals surface area contributed by atoms with E-state index >= 15 is 0 Å². The number of amides is 3. The van der Waals surface area contributed by atoms with Crippen molar-refractivity contribution in [2.24, 2.45) is 4.99 Å². The van der Waals surface area contributed by atoms with Gasteiger partial charge in [0.25, 0.3) is 5.91 Å². The highest BCUT2D eigenvalue weighted by Crippen LogP contribution is 2.32. The van der Waals surface area contributed by atoms with Gasteiger partial charge in [-0.15, -0.1) is 4.99 Å². The lowest BCUT2D eigenvalue weighted by atomic mass is 10.0. The molecule has 34 heavy (non-hydrogen) atoms. The molecule has 2 aliphatic heterocycles. The number of fused-ring (bicyclic) bond motifs is 1. The molecule has 1 N–H and O–H groups in total. The minimum absolute atomic E-state index is 0.0226. The van der Waals surface area contributed by atoms with Crippen LogP contribution in [0.25, 0.3) is 0 Å². The summed E-state index contributed by atoms with van der Waals surface area (Å²) in [5.41, 5.74) is 0.911. The highest BCUT2D eigenvalue weighted by Gasteiger charge is 2.35. The molecule has 10 heteroatoms. The molecule has 0 saturated heterocycles. The quantitative estimate of drug-likeness (QED) is 0.670. The van der Waals surface area contributed by atoms with E-state index in [9.17, 15) is 22.8 Å². The van der Waals surface area contributed by atoms with Gasteiger partial charge < -0.3 is 15.0 Å². The zero-order valence-electron chi connectivity index (χ0n) is 18.6. The molecule has 0 spiro atoms. The van der Waals surface area contributed by atoms with E-state index in [1.807, 2.05) is 12.1 Å². The maximum absolute atomic E-state index is 13.3. The molecular weight excluding hydrogens is 449 g/mol. The molecule has 2 heterocycles. The smallest absolute Gasteiger partial charge is 0.416 e. The molecule has 2 aliphatic rings. The summed E-state index contributed by atoms with van der Waals surface area (Å²) in [5, 5.41) is 2.73. The molecule has 0 radical (unpaired) electrons. The summed E-state index contributed by atoms with van der Waals surface area (Å²) >= 11 is 0. The molecule has 2 aromatic carbocycles. The van der Waals surface area contributed by atoms with Crippen molar-refractivity contribution in [2.75, 3.05) is 18.4 Å². The SMILES string of the molecule is CC(C)c1ccc(NC(=O)C2=CN3CCN(Cc4ccccc4C(F)(F)F)C(=O)N=C3O2)cc1. The maximum Gasteiger partial charge on any atom is 0.416 e. The average molecular weight is 472 g/mol.